The Labute approximate surface area is 55.0 Å². The zero-order valence-electron chi connectivity index (χ0n) is 5.85. The second-order valence-corrected chi connectivity index (χ2v) is 2.50. The molecule has 0 aromatic rings. The molecule has 1 N–H and O–H groups in total. The van der Waals surface area contributed by atoms with Crippen LogP contribution in [0.1, 0.15) is 13.3 Å². The first kappa shape index (κ1) is 6.55. The van der Waals surface area contributed by atoms with E-state index in [1.807, 2.05) is 6.92 Å². The van der Waals surface area contributed by atoms with Crippen molar-refractivity contribution in [2.24, 2.45) is 5.92 Å². The fourth-order valence-electron chi connectivity index (χ4n) is 0.981. The number of rotatable bonds is 0. The lowest BCUT2D eigenvalue weighted by atomic mass is 10.1. The summed E-state index contributed by atoms with van der Waals surface area (Å²) >= 11 is 0. The minimum Gasteiger partial charge on any atom is -0.281 e. The van der Waals surface area contributed by atoms with Crippen LogP contribution in [0.15, 0.2) is 0 Å². The average molecular weight is 128 g/mol. The van der Waals surface area contributed by atoms with Crippen LogP contribution in [-0.4, -0.2) is 24.5 Å². The molecule has 3 nitrogen and oxygen atoms in total. The molecule has 0 aromatic heterocycles. The maximum absolute atomic E-state index is 11.0. The fraction of sp³-hybridized carbons (Fsp3) is 0.833. The molecule has 1 amide bonds. The number of carbonyl (C=O) groups is 1. The summed E-state index contributed by atoms with van der Waals surface area (Å²) in [5.74, 6) is 0.400. The Bertz CT molecular complexity index is 112. The van der Waals surface area contributed by atoms with Gasteiger partial charge in [0.05, 0.1) is 0 Å². The third-order valence-electron chi connectivity index (χ3n) is 1.68. The van der Waals surface area contributed by atoms with Gasteiger partial charge in [0.25, 0.3) is 0 Å². The zero-order chi connectivity index (χ0) is 6.85. The standard InChI is InChI=1S/C6H12N2O/c1-5-3-4-7-8(2)6(5)9/h5,7H,3-4H2,1-2H3. The van der Waals surface area contributed by atoms with E-state index in [2.05, 4.69) is 5.43 Å². The highest BCUT2D eigenvalue weighted by Crippen LogP contribution is 2.07. The highest BCUT2D eigenvalue weighted by atomic mass is 16.2. The number of nitrogens with one attached hydrogen (secondary N) is 1. The SMILES string of the molecule is CC1CCNN(C)C1=O. The monoisotopic (exact) mass is 128 g/mol. The Kier molecular flexibility index (Phi) is 1.71. The van der Waals surface area contributed by atoms with Gasteiger partial charge in [-0.3, -0.25) is 9.80 Å². The Morgan fingerprint density at radius 1 is 1.78 bits per heavy atom. The van der Waals surface area contributed by atoms with Crippen LogP contribution in [0.25, 0.3) is 0 Å². The number of amides is 1. The van der Waals surface area contributed by atoms with E-state index in [0.29, 0.717) is 0 Å². The average Bonchev–Trinajstić information content (AvgIpc) is 1.83. The van der Waals surface area contributed by atoms with E-state index in [1.165, 1.54) is 0 Å². The van der Waals surface area contributed by atoms with Gasteiger partial charge in [-0.05, 0) is 6.42 Å². The Balaban J connectivity index is 2.52. The first-order valence-corrected chi connectivity index (χ1v) is 3.23. The van der Waals surface area contributed by atoms with Crippen molar-refractivity contribution >= 4 is 5.91 Å². The lowest BCUT2D eigenvalue weighted by molar-refractivity contribution is -0.139. The molecule has 0 spiro atoms. The van der Waals surface area contributed by atoms with Crippen LogP contribution in [-0.2, 0) is 4.79 Å². The first-order valence-electron chi connectivity index (χ1n) is 3.23. The van der Waals surface area contributed by atoms with Gasteiger partial charge in [-0.25, -0.2) is 5.43 Å². The summed E-state index contributed by atoms with van der Waals surface area (Å²) in [6, 6.07) is 0. The third-order valence-corrected chi connectivity index (χ3v) is 1.68. The molecule has 1 heterocycles. The van der Waals surface area contributed by atoms with Crippen molar-refractivity contribution in [3.8, 4) is 0 Å². The van der Waals surface area contributed by atoms with Crippen LogP contribution in [0.5, 0.6) is 0 Å². The van der Waals surface area contributed by atoms with Gasteiger partial charge in [-0.2, -0.15) is 0 Å². The zero-order valence-corrected chi connectivity index (χ0v) is 5.85. The van der Waals surface area contributed by atoms with Crippen molar-refractivity contribution in [3.63, 3.8) is 0 Å². The van der Waals surface area contributed by atoms with Crippen molar-refractivity contribution in [1.82, 2.24) is 10.4 Å². The summed E-state index contributed by atoms with van der Waals surface area (Å²) in [6.45, 7) is 2.88. The summed E-state index contributed by atoms with van der Waals surface area (Å²) in [5.41, 5.74) is 2.95. The molecule has 1 saturated heterocycles. The normalized spacial score (nSPS) is 28.9. The summed E-state index contributed by atoms with van der Waals surface area (Å²) in [5, 5.41) is 1.56. The number of hydrogen-bond donors (Lipinski definition) is 1. The maximum Gasteiger partial charge on any atom is 0.239 e. The fourth-order valence-corrected chi connectivity index (χ4v) is 0.981. The van der Waals surface area contributed by atoms with Crippen molar-refractivity contribution in [1.29, 1.82) is 0 Å². The van der Waals surface area contributed by atoms with Crippen LogP contribution in [0.4, 0.5) is 0 Å². The van der Waals surface area contributed by atoms with Crippen LogP contribution in [0.3, 0.4) is 0 Å². The molecule has 1 aliphatic rings. The molecule has 0 radical (unpaired) electrons. The van der Waals surface area contributed by atoms with Gasteiger partial charge < -0.3 is 0 Å². The van der Waals surface area contributed by atoms with Gasteiger partial charge in [0.1, 0.15) is 0 Å². The summed E-state index contributed by atoms with van der Waals surface area (Å²) < 4.78 is 0. The highest BCUT2D eigenvalue weighted by Gasteiger charge is 2.20. The minimum atomic E-state index is 0.196. The third kappa shape index (κ3) is 1.21. The smallest absolute Gasteiger partial charge is 0.239 e. The van der Waals surface area contributed by atoms with E-state index in [4.69, 9.17) is 0 Å². The molecule has 1 unspecified atom stereocenters. The van der Waals surface area contributed by atoms with E-state index in [0.717, 1.165) is 13.0 Å². The minimum absolute atomic E-state index is 0.196. The Morgan fingerprint density at radius 2 is 2.44 bits per heavy atom. The van der Waals surface area contributed by atoms with E-state index in [1.54, 1.807) is 12.1 Å². The van der Waals surface area contributed by atoms with Crippen LogP contribution >= 0.6 is 0 Å². The molecule has 0 bridgehead atoms. The van der Waals surface area contributed by atoms with Gasteiger partial charge >= 0.3 is 0 Å². The molecular formula is C6H12N2O. The number of hydrazine groups is 1. The topological polar surface area (TPSA) is 32.3 Å². The molecular weight excluding hydrogens is 116 g/mol. The van der Waals surface area contributed by atoms with Gasteiger partial charge in [-0.15, -0.1) is 0 Å². The van der Waals surface area contributed by atoms with Crippen LogP contribution in [0, 0.1) is 5.92 Å². The highest BCUT2D eigenvalue weighted by molar-refractivity contribution is 5.78. The lowest BCUT2D eigenvalue weighted by Crippen LogP contribution is -2.48. The maximum atomic E-state index is 11.0. The van der Waals surface area contributed by atoms with E-state index in [-0.39, 0.29) is 11.8 Å². The first-order chi connectivity index (χ1) is 4.22. The lowest BCUT2D eigenvalue weighted by Gasteiger charge is -2.27. The Morgan fingerprint density at radius 3 is 2.89 bits per heavy atom. The Hall–Kier alpha value is -0.570. The summed E-state index contributed by atoms with van der Waals surface area (Å²) in [7, 11) is 1.76. The molecule has 0 saturated carbocycles. The predicted molar refractivity (Wildman–Crippen MR) is 34.6 cm³/mol. The number of nitrogens with zero attached hydrogens (tertiary/aromatic N) is 1. The summed E-state index contributed by atoms with van der Waals surface area (Å²) in [4.78, 5) is 11.0. The van der Waals surface area contributed by atoms with Crippen LogP contribution in [0.2, 0.25) is 0 Å². The van der Waals surface area contributed by atoms with Gasteiger partial charge in [0.15, 0.2) is 0 Å². The van der Waals surface area contributed by atoms with Crippen molar-refractivity contribution < 1.29 is 4.79 Å². The second kappa shape index (κ2) is 2.35. The van der Waals surface area contributed by atoms with Gasteiger partial charge in [0, 0.05) is 19.5 Å². The molecule has 3 heteroatoms. The molecule has 1 rings (SSSR count). The molecule has 0 aliphatic carbocycles. The quantitative estimate of drug-likeness (QED) is 0.497. The molecule has 52 valence electrons. The molecule has 0 aromatic carbocycles. The second-order valence-electron chi connectivity index (χ2n) is 2.50. The molecule has 1 aliphatic heterocycles. The number of carbonyl (C=O) groups excluding carboxylic acids is 1. The van der Waals surface area contributed by atoms with Crippen molar-refractivity contribution in [2.45, 2.75) is 13.3 Å². The molecule has 9 heavy (non-hydrogen) atoms. The van der Waals surface area contributed by atoms with E-state index >= 15 is 0 Å². The predicted octanol–water partition coefficient (Wildman–Crippen LogP) is -0.0108. The molecule has 1 fully saturated rings. The number of hydrogen-bond acceptors (Lipinski definition) is 2. The van der Waals surface area contributed by atoms with Crippen molar-refractivity contribution in [2.75, 3.05) is 13.6 Å². The summed E-state index contributed by atoms with van der Waals surface area (Å²) in [6.07, 6.45) is 0.961. The van der Waals surface area contributed by atoms with Crippen LogP contribution < -0.4 is 5.43 Å². The van der Waals surface area contributed by atoms with E-state index in [9.17, 15) is 4.79 Å². The molecule has 1 atom stereocenters. The van der Waals surface area contributed by atoms with Crippen molar-refractivity contribution in [3.05, 3.63) is 0 Å². The van der Waals surface area contributed by atoms with Gasteiger partial charge in [0.2, 0.25) is 5.91 Å². The van der Waals surface area contributed by atoms with Gasteiger partial charge in [-0.1, -0.05) is 6.92 Å². The van der Waals surface area contributed by atoms with E-state index < -0.39 is 0 Å². The largest absolute Gasteiger partial charge is 0.281 e.